The Morgan fingerprint density at radius 3 is 3.06 bits per heavy atom. The van der Waals surface area contributed by atoms with Crippen LogP contribution in [0.25, 0.3) is 10.2 Å². The van der Waals surface area contributed by atoms with Crippen LogP contribution in [0.15, 0.2) is 16.7 Å². The zero-order valence-electron chi connectivity index (χ0n) is 8.49. The van der Waals surface area contributed by atoms with Gasteiger partial charge in [0.25, 0.3) is 0 Å². The molecule has 16 heavy (non-hydrogen) atoms. The molecule has 6 heteroatoms. The summed E-state index contributed by atoms with van der Waals surface area (Å²) in [5.74, 6) is -0.390. The number of anilines is 1. The quantitative estimate of drug-likeness (QED) is 0.684. The van der Waals surface area contributed by atoms with Crippen LogP contribution in [0.2, 0.25) is 0 Å². The number of esters is 1. The summed E-state index contributed by atoms with van der Waals surface area (Å²) in [6.07, 6.45) is 0. The summed E-state index contributed by atoms with van der Waals surface area (Å²) >= 11 is 4.56. The Hall–Kier alpha value is -1.14. The van der Waals surface area contributed by atoms with E-state index in [1.54, 1.807) is 6.92 Å². The minimum Gasteiger partial charge on any atom is -0.462 e. The number of nitrogens with two attached hydrogens (primary N) is 1. The Morgan fingerprint density at radius 1 is 1.62 bits per heavy atom. The third-order valence-corrected chi connectivity index (χ3v) is 3.58. The van der Waals surface area contributed by atoms with Crippen LogP contribution in [0, 0.1) is 0 Å². The summed E-state index contributed by atoms with van der Waals surface area (Å²) in [6, 6.07) is 3.68. The average molecular weight is 301 g/mol. The summed E-state index contributed by atoms with van der Waals surface area (Å²) in [4.78, 5) is 16.2. The van der Waals surface area contributed by atoms with Gasteiger partial charge in [-0.1, -0.05) is 0 Å². The van der Waals surface area contributed by atoms with Gasteiger partial charge in [-0.05, 0) is 35.0 Å². The van der Waals surface area contributed by atoms with Crippen molar-refractivity contribution in [3.8, 4) is 0 Å². The third-order valence-electron chi connectivity index (χ3n) is 2.00. The van der Waals surface area contributed by atoms with Gasteiger partial charge in [0.2, 0.25) is 0 Å². The fraction of sp³-hybridized carbons (Fsp3) is 0.200. The van der Waals surface area contributed by atoms with Crippen LogP contribution in [0.5, 0.6) is 0 Å². The minimum absolute atomic E-state index is 0.337. The average Bonchev–Trinajstić information content (AvgIpc) is 2.57. The lowest BCUT2D eigenvalue weighted by Crippen LogP contribution is -2.04. The fourth-order valence-electron chi connectivity index (χ4n) is 1.32. The van der Waals surface area contributed by atoms with Crippen LogP contribution in [-0.4, -0.2) is 17.6 Å². The van der Waals surface area contributed by atoms with E-state index in [9.17, 15) is 4.79 Å². The number of pyridine rings is 1. The summed E-state index contributed by atoms with van der Waals surface area (Å²) in [5.41, 5.74) is 6.90. The highest BCUT2D eigenvalue weighted by Crippen LogP contribution is 2.33. The van der Waals surface area contributed by atoms with Crippen molar-refractivity contribution in [3.63, 3.8) is 0 Å². The van der Waals surface area contributed by atoms with Gasteiger partial charge in [-0.15, -0.1) is 11.3 Å². The first-order valence-corrected chi connectivity index (χ1v) is 6.26. The van der Waals surface area contributed by atoms with Gasteiger partial charge in [-0.2, -0.15) is 0 Å². The number of nitrogens with zero attached hydrogens (tertiary/aromatic N) is 1. The van der Waals surface area contributed by atoms with Crippen molar-refractivity contribution < 1.29 is 9.53 Å². The number of nitrogen functional groups attached to an aromatic ring is 1. The largest absolute Gasteiger partial charge is 0.462 e. The van der Waals surface area contributed by atoms with Gasteiger partial charge in [0, 0.05) is 0 Å². The zero-order chi connectivity index (χ0) is 11.7. The molecule has 2 aromatic heterocycles. The Labute approximate surface area is 105 Å². The highest BCUT2D eigenvalue weighted by atomic mass is 79.9. The molecule has 0 atom stereocenters. The summed E-state index contributed by atoms with van der Waals surface area (Å²) in [7, 11) is 0. The van der Waals surface area contributed by atoms with E-state index in [2.05, 4.69) is 20.9 Å². The van der Waals surface area contributed by atoms with Crippen molar-refractivity contribution in [1.82, 2.24) is 4.98 Å². The monoisotopic (exact) mass is 300 g/mol. The first-order valence-electron chi connectivity index (χ1n) is 4.65. The molecule has 4 nitrogen and oxygen atoms in total. The van der Waals surface area contributed by atoms with Gasteiger partial charge in [0.05, 0.1) is 17.0 Å². The van der Waals surface area contributed by atoms with Crippen molar-refractivity contribution >= 4 is 49.1 Å². The van der Waals surface area contributed by atoms with Gasteiger partial charge in [-0.3, -0.25) is 0 Å². The second-order valence-corrected chi connectivity index (χ2v) is 4.91. The summed E-state index contributed by atoms with van der Waals surface area (Å²) in [5, 5.41) is 0. The molecule has 84 valence electrons. The molecule has 0 aliphatic rings. The van der Waals surface area contributed by atoms with E-state index in [0.717, 1.165) is 4.70 Å². The Kier molecular flexibility index (Phi) is 3.11. The summed E-state index contributed by atoms with van der Waals surface area (Å²) < 4.78 is 6.49. The molecular weight excluding hydrogens is 292 g/mol. The molecule has 0 aliphatic carbocycles. The molecule has 0 fully saturated rings. The third kappa shape index (κ3) is 1.90. The molecule has 0 saturated heterocycles. The molecule has 0 unspecified atom stereocenters. The lowest BCUT2D eigenvalue weighted by molar-refractivity contribution is 0.0533. The molecule has 2 rings (SSSR count). The first kappa shape index (κ1) is 11.3. The van der Waals surface area contributed by atoms with E-state index in [4.69, 9.17) is 10.5 Å². The number of carbonyl (C=O) groups is 1. The maximum absolute atomic E-state index is 11.6. The van der Waals surface area contributed by atoms with E-state index in [1.807, 2.05) is 12.1 Å². The molecule has 2 N–H and O–H groups in total. The number of rotatable bonds is 2. The van der Waals surface area contributed by atoms with Crippen molar-refractivity contribution in [1.29, 1.82) is 0 Å². The van der Waals surface area contributed by atoms with Gasteiger partial charge >= 0.3 is 5.97 Å². The van der Waals surface area contributed by atoms with Gasteiger partial charge in [0.1, 0.15) is 15.0 Å². The number of hydrogen-bond donors (Lipinski definition) is 1. The SMILES string of the molecule is CCOC(=O)c1sc2ccc(Br)nc2c1N. The molecule has 0 aromatic carbocycles. The molecular formula is C10H9BrN2O2S. The molecule has 0 spiro atoms. The van der Waals surface area contributed by atoms with Crippen LogP contribution in [0.4, 0.5) is 5.69 Å². The fourth-order valence-corrected chi connectivity index (χ4v) is 2.59. The lowest BCUT2D eigenvalue weighted by atomic mass is 10.3. The predicted octanol–water partition coefficient (Wildman–Crippen LogP) is 2.82. The molecule has 0 amide bonds. The van der Waals surface area contributed by atoms with Crippen LogP contribution >= 0.6 is 27.3 Å². The molecule has 0 bridgehead atoms. The number of thiophene rings is 1. The van der Waals surface area contributed by atoms with E-state index < -0.39 is 0 Å². The smallest absolute Gasteiger partial charge is 0.350 e. The van der Waals surface area contributed by atoms with Crippen molar-refractivity contribution in [2.75, 3.05) is 12.3 Å². The minimum atomic E-state index is -0.390. The number of fused-ring (bicyclic) bond motifs is 1. The van der Waals surface area contributed by atoms with Gasteiger partial charge < -0.3 is 10.5 Å². The number of ether oxygens (including phenoxy) is 1. The second kappa shape index (κ2) is 4.39. The van der Waals surface area contributed by atoms with Crippen molar-refractivity contribution in [2.45, 2.75) is 6.92 Å². The first-order chi connectivity index (χ1) is 7.63. The van der Waals surface area contributed by atoms with Crippen molar-refractivity contribution in [3.05, 3.63) is 21.6 Å². The van der Waals surface area contributed by atoms with E-state index in [1.165, 1.54) is 11.3 Å². The number of aromatic nitrogens is 1. The Bertz CT molecular complexity index is 553. The normalized spacial score (nSPS) is 10.6. The van der Waals surface area contributed by atoms with Gasteiger partial charge in [-0.25, -0.2) is 9.78 Å². The van der Waals surface area contributed by atoms with Crippen LogP contribution < -0.4 is 5.73 Å². The molecule has 0 radical (unpaired) electrons. The van der Waals surface area contributed by atoms with E-state index in [-0.39, 0.29) is 5.97 Å². The molecule has 2 aromatic rings. The number of hydrogen-bond acceptors (Lipinski definition) is 5. The Morgan fingerprint density at radius 2 is 2.38 bits per heavy atom. The molecule has 0 saturated carbocycles. The Balaban J connectivity index is 2.56. The standard InChI is InChI=1S/C10H9BrN2O2S/c1-2-15-10(14)9-7(12)8-5(16-9)3-4-6(11)13-8/h3-4H,2,12H2,1H3. The molecule has 2 heterocycles. The van der Waals surface area contributed by atoms with Crippen LogP contribution in [0.3, 0.4) is 0 Å². The van der Waals surface area contributed by atoms with Crippen LogP contribution in [0.1, 0.15) is 16.6 Å². The second-order valence-electron chi connectivity index (χ2n) is 3.05. The highest BCUT2D eigenvalue weighted by Gasteiger charge is 2.18. The molecule has 0 aliphatic heterocycles. The lowest BCUT2D eigenvalue weighted by Gasteiger charge is -1.98. The topological polar surface area (TPSA) is 65.2 Å². The van der Waals surface area contributed by atoms with E-state index >= 15 is 0 Å². The predicted molar refractivity (Wildman–Crippen MR) is 67.7 cm³/mol. The summed E-state index contributed by atoms with van der Waals surface area (Å²) in [6.45, 7) is 2.10. The zero-order valence-corrected chi connectivity index (χ0v) is 10.9. The number of carbonyl (C=O) groups excluding carboxylic acids is 1. The highest BCUT2D eigenvalue weighted by molar-refractivity contribution is 9.10. The van der Waals surface area contributed by atoms with Gasteiger partial charge in [0.15, 0.2) is 0 Å². The maximum atomic E-state index is 11.6. The van der Waals surface area contributed by atoms with Crippen LogP contribution in [-0.2, 0) is 4.74 Å². The van der Waals surface area contributed by atoms with Crippen molar-refractivity contribution in [2.24, 2.45) is 0 Å². The number of halogens is 1. The maximum Gasteiger partial charge on any atom is 0.350 e. The van der Waals surface area contributed by atoms with E-state index in [0.29, 0.717) is 27.3 Å².